The average Bonchev–Trinajstić information content (AvgIpc) is 2.21. The standard InChI is InChI=1S/C12H13F2NO2/c1-12(2,3)11(17)15-10-5-9(14)8(13)4-7(10)6-16/h4-6H,1-3H3,(H,15,17). The van der Waals surface area contributed by atoms with Crippen LogP contribution in [0, 0.1) is 17.0 Å². The van der Waals surface area contributed by atoms with Crippen molar-refractivity contribution in [3.05, 3.63) is 29.3 Å². The number of carbonyl (C=O) groups is 2. The number of rotatable bonds is 2. The first-order valence-electron chi connectivity index (χ1n) is 5.01. The molecule has 1 aromatic rings. The molecule has 0 saturated carbocycles. The molecule has 0 spiro atoms. The third kappa shape index (κ3) is 3.09. The van der Waals surface area contributed by atoms with Crippen LogP contribution in [0.25, 0.3) is 0 Å². The molecule has 92 valence electrons. The zero-order chi connectivity index (χ0) is 13.2. The van der Waals surface area contributed by atoms with E-state index in [1.54, 1.807) is 20.8 Å². The molecule has 1 rings (SSSR count). The summed E-state index contributed by atoms with van der Waals surface area (Å²) in [5, 5.41) is 2.39. The molecule has 0 aliphatic heterocycles. The van der Waals surface area contributed by atoms with Gasteiger partial charge in [0.15, 0.2) is 17.9 Å². The number of hydrogen-bond acceptors (Lipinski definition) is 2. The summed E-state index contributed by atoms with van der Waals surface area (Å²) in [6, 6.07) is 1.54. The van der Waals surface area contributed by atoms with Gasteiger partial charge in [-0.15, -0.1) is 0 Å². The van der Waals surface area contributed by atoms with E-state index in [4.69, 9.17) is 0 Å². The molecule has 0 unspecified atom stereocenters. The van der Waals surface area contributed by atoms with Crippen molar-refractivity contribution in [2.24, 2.45) is 5.41 Å². The molecule has 0 aliphatic carbocycles. The predicted octanol–water partition coefficient (Wildman–Crippen LogP) is 2.76. The SMILES string of the molecule is CC(C)(C)C(=O)Nc1cc(F)c(F)cc1C=O. The molecule has 0 atom stereocenters. The second kappa shape index (κ2) is 4.61. The van der Waals surface area contributed by atoms with E-state index in [2.05, 4.69) is 5.32 Å². The van der Waals surface area contributed by atoms with Gasteiger partial charge >= 0.3 is 0 Å². The summed E-state index contributed by atoms with van der Waals surface area (Å²) in [7, 11) is 0. The fourth-order valence-corrected chi connectivity index (χ4v) is 1.08. The number of halogens is 2. The molecule has 0 saturated heterocycles. The molecule has 0 aliphatic rings. The van der Waals surface area contributed by atoms with Gasteiger partial charge in [-0.3, -0.25) is 9.59 Å². The number of nitrogens with one attached hydrogen (secondary N) is 1. The van der Waals surface area contributed by atoms with Crippen LogP contribution in [-0.2, 0) is 4.79 Å². The Morgan fingerprint density at radius 2 is 1.76 bits per heavy atom. The van der Waals surface area contributed by atoms with Crippen molar-refractivity contribution in [1.29, 1.82) is 0 Å². The van der Waals surface area contributed by atoms with E-state index in [1.807, 2.05) is 0 Å². The van der Waals surface area contributed by atoms with Gasteiger partial charge < -0.3 is 5.32 Å². The lowest BCUT2D eigenvalue weighted by Crippen LogP contribution is -2.28. The Hall–Kier alpha value is -1.78. The molecule has 1 N–H and O–H groups in total. The predicted molar refractivity (Wildman–Crippen MR) is 59.8 cm³/mol. The summed E-state index contributed by atoms with van der Waals surface area (Å²) in [6.07, 6.45) is 0.362. The molecular formula is C12H13F2NO2. The van der Waals surface area contributed by atoms with Crippen LogP contribution in [0.1, 0.15) is 31.1 Å². The Morgan fingerprint density at radius 3 is 2.24 bits per heavy atom. The third-order valence-corrected chi connectivity index (χ3v) is 2.15. The maximum atomic E-state index is 13.0. The highest BCUT2D eigenvalue weighted by molar-refractivity contribution is 5.98. The quantitative estimate of drug-likeness (QED) is 0.809. The van der Waals surface area contributed by atoms with Gasteiger partial charge in [0.25, 0.3) is 0 Å². The smallest absolute Gasteiger partial charge is 0.229 e. The van der Waals surface area contributed by atoms with Crippen LogP contribution in [0.3, 0.4) is 0 Å². The molecule has 5 heteroatoms. The molecule has 3 nitrogen and oxygen atoms in total. The maximum Gasteiger partial charge on any atom is 0.229 e. The van der Waals surface area contributed by atoms with Crippen LogP contribution in [0.15, 0.2) is 12.1 Å². The highest BCUT2D eigenvalue weighted by Crippen LogP contribution is 2.22. The van der Waals surface area contributed by atoms with Crippen molar-refractivity contribution in [2.75, 3.05) is 5.32 Å². The highest BCUT2D eigenvalue weighted by Gasteiger charge is 2.22. The summed E-state index contributed by atoms with van der Waals surface area (Å²) in [6.45, 7) is 5.01. The fourth-order valence-electron chi connectivity index (χ4n) is 1.08. The summed E-state index contributed by atoms with van der Waals surface area (Å²) < 4.78 is 25.9. The zero-order valence-electron chi connectivity index (χ0n) is 9.80. The normalized spacial score (nSPS) is 11.1. The first-order chi connectivity index (χ1) is 7.75. The molecule has 1 aromatic carbocycles. The van der Waals surface area contributed by atoms with Crippen molar-refractivity contribution < 1.29 is 18.4 Å². The fraction of sp³-hybridized carbons (Fsp3) is 0.333. The monoisotopic (exact) mass is 241 g/mol. The van der Waals surface area contributed by atoms with E-state index < -0.39 is 17.0 Å². The number of hydrogen-bond donors (Lipinski definition) is 1. The van der Waals surface area contributed by atoms with Gasteiger partial charge in [-0.05, 0) is 6.07 Å². The topological polar surface area (TPSA) is 46.2 Å². The Kier molecular flexibility index (Phi) is 3.60. The molecule has 0 radical (unpaired) electrons. The molecular weight excluding hydrogens is 228 g/mol. The Labute approximate surface area is 97.8 Å². The second-order valence-corrected chi connectivity index (χ2v) is 4.68. The van der Waals surface area contributed by atoms with Gasteiger partial charge in [0.05, 0.1) is 5.69 Å². The van der Waals surface area contributed by atoms with Crippen LogP contribution in [0.5, 0.6) is 0 Å². The minimum absolute atomic E-state index is 0.0289. The maximum absolute atomic E-state index is 13.0. The number of amides is 1. The van der Waals surface area contributed by atoms with Crippen LogP contribution >= 0.6 is 0 Å². The van der Waals surface area contributed by atoms with Crippen molar-refractivity contribution >= 4 is 17.9 Å². The third-order valence-electron chi connectivity index (χ3n) is 2.15. The van der Waals surface area contributed by atoms with E-state index in [0.717, 1.165) is 12.1 Å². The summed E-state index contributed by atoms with van der Waals surface area (Å²) in [5.74, 6) is -2.62. The molecule has 1 amide bonds. The molecule has 0 aromatic heterocycles. The molecule has 0 bridgehead atoms. The zero-order valence-corrected chi connectivity index (χ0v) is 9.80. The summed E-state index contributed by atoms with van der Waals surface area (Å²) >= 11 is 0. The van der Waals surface area contributed by atoms with Gasteiger partial charge in [0.2, 0.25) is 5.91 Å². The Balaban J connectivity index is 3.10. The van der Waals surface area contributed by atoms with E-state index in [1.165, 1.54) is 0 Å². The van der Waals surface area contributed by atoms with Crippen molar-refractivity contribution in [2.45, 2.75) is 20.8 Å². The van der Waals surface area contributed by atoms with E-state index in [9.17, 15) is 18.4 Å². The number of aldehydes is 1. The first-order valence-corrected chi connectivity index (χ1v) is 5.01. The van der Waals surface area contributed by atoms with E-state index in [-0.39, 0.29) is 17.2 Å². The van der Waals surface area contributed by atoms with E-state index in [0.29, 0.717) is 6.29 Å². The minimum Gasteiger partial charge on any atom is -0.325 e. The molecule has 0 fully saturated rings. The van der Waals surface area contributed by atoms with Crippen LogP contribution in [0.2, 0.25) is 0 Å². The number of carbonyl (C=O) groups excluding carboxylic acids is 2. The highest BCUT2D eigenvalue weighted by atomic mass is 19.2. The van der Waals surface area contributed by atoms with Crippen molar-refractivity contribution in [3.8, 4) is 0 Å². The van der Waals surface area contributed by atoms with Gasteiger partial charge in [-0.2, -0.15) is 0 Å². The van der Waals surface area contributed by atoms with Crippen molar-refractivity contribution in [1.82, 2.24) is 0 Å². The van der Waals surface area contributed by atoms with Gasteiger partial charge in [-0.25, -0.2) is 8.78 Å². The van der Waals surface area contributed by atoms with Crippen molar-refractivity contribution in [3.63, 3.8) is 0 Å². The first kappa shape index (κ1) is 13.3. The Bertz CT molecular complexity index is 464. The minimum atomic E-state index is -1.12. The number of benzene rings is 1. The second-order valence-electron chi connectivity index (χ2n) is 4.68. The lowest BCUT2D eigenvalue weighted by atomic mass is 9.95. The van der Waals surface area contributed by atoms with Crippen LogP contribution in [0.4, 0.5) is 14.5 Å². The van der Waals surface area contributed by atoms with Gasteiger partial charge in [-0.1, -0.05) is 20.8 Å². The average molecular weight is 241 g/mol. The largest absolute Gasteiger partial charge is 0.325 e. The summed E-state index contributed by atoms with van der Waals surface area (Å²) in [5.41, 5.74) is -0.814. The molecule has 17 heavy (non-hydrogen) atoms. The van der Waals surface area contributed by atoms with E-state index >= 15 is 0 Å². The summed E-state index contributed by atoms with van der Waals surface area (Å²) in [4.78, 5) is 22.3. The molecule has 0 heterocycles. The van der Waals surface area contributed by atoms with Gasteiger partial charge in [0, 0.05) is 17.0 Å². The van der Waals surface area contributed by atoms with Gasteiger partial charge in [0.1, 0.15) is 0 Å². The lowest BCUT2D eigenvalue weighted by molar-refractivity contribution is -0.123. The lowest BCUT2D eigenvalue weighted by Gasteiger charge is -2.18. The van der Waals surface area contributed by atoms with Crippen LogP contribution in [-0.4, -0.2) is 12.2 Å². The Morgan fingerprint density at radius 1 is 1.24 bits per heavy atom. The van der Waals surface area contributed by atoms with Crippen LogP contribution < -0.4 is 5.32 Å². The number of anilines is 1.